The molecule has 21 heavy (non-hydrogen) atoms. The molecule has 1 aromatic rings. The zero-order valence-electron chi connectivity index (χ0n) is 12.8. The molecular weight excluding hydrogens is 306 g/mol. The van der Waals surface area contributed by atoms with Gasteiger partial charge in [-0.25, -0.2) is 13.4 Å². The quantitative estimate of drug-likeness (QED) is 0.882. The van der Waals surface area contributed by atoms with Gasteiger partial charge in [0.2, 0.25) is 0 Å². The van der Waals surface area contributed by atoms with Crippen molar-refractivity contribution in [3.05, 3.63) is 23.4 Å². The van der Waals surface area contributed by atoms with E-state index in [2.05, 4.69) is 10.3 Å². The highest BCUT2D eigenvalue weighted by Gasteiger charge is 2.33. The van der Waals surface area contributed by atoms with E-state index in [1.807, 2.05) is 31.0 Å². The summed E-state index contributed by atoms with van der Waals surface area (Å²) in [5.41, 5.74) is 2.05. The fraction of sp³-hybridized carbons (Fsp3) is 0.643. The van der Waals surface area contributed by atoms with Gasteiger partial charge in [-0.05, 0) is 31.7 Å². The Hall–Kier alpha value is -0.790. The van der Waals surface area contributed by atoms with Crippen molar-refractivity contribution in [3.8, 4) is 0 Å². The second kappa shape index (κ2) is 6.98. The van der Waals surface area contributed by atoms with E-state index in [-0.39, 0.29) is 5.75 Å². The molecule has 0 aliphatic carbocycles. The molecule has 1 aliphatic rings. The van der Waals surface area contributed by atoms with Crippen molar-refractivity contribution < 1.29 is 8.42 Å². The summed E-state index contributed by atoms with van der Waals surface area (Å²) in [6.45, 7) is 5.14. The largest absolute Gasteiger partial charge is 0.338 e. The fourth-order valence-corrected chi connectivity index (χ4v) is 5.49. The summed E-state index contributed by atoms with van der Waals surface area (Å²) in [4.78, 5) is 6.52. The van der Waals surface area contributed by atoms with E-state index < -0.39 is 15.2 Å². The van der Waals surface area contributed by atoms with Gasteiger partial charge in [0.25, 0.3) is 0 Å². The van der Waals surface area contributed by atoms with Gasteiger partial charge in [0, 0.05) is 36.0 Å². The molecule has 1 N–H and O–H groups in total. The van der Waals surface area contributed by atoms with E-state index in [1.54, 1.807) is 18.7 Å². The monoisotopic (exact) mass is 329 g/mol. The van der Waals surface area contributed by atoms with Crippen LogP contribution >= 0.6 is 11.8 Å². The Morgan fingerprint density at radius 2 is 2.24 bits per heavy atom. The van der Waals surface area contributed by atoms with E-state index in [0.717, 1.165) is 35.9 Å². The average Bonchev–Trinajstić information content (AvgIpc) is 2.47. The van der Waals surface area contributed by atoms with Gasteiger partial charge in [-0.2, -0.15) is 11.8 Å². The van der Waals surface area contributed by atoms with E-state index >= 15 is 0 Å². The second-order valence-corrected chi connectivity index (χ2v) is 8.78. The predicted octanol–water partition coefficient (Wildman–Crippen LogP) is 1.42. The summed E-state index contributed by atoms with van der Waals surface area (Å²) in [6.07, 6.45) is 0. The lowest BCUT2D eigenvalue weighted by molar-refractivity contribution is 0.578. The number of anilines is 1. The van der Waals surface area contributed by atoms with Crippen LogP contribution in [0.4, 0.5) is 5.82 Å². The molecule has 1 atom stereocenters. The topological polar surface area (TPSA) is 62.3 Å². The van der Waals surface area contributed by atoms with E-state index in [0.29, 0.717) is 5.75 Å². The number of sulfone groups is 1. The van der Waals surface area contributed by atoms with E-state index in [1.165, 1.54) is 0 Å². The van der Waals surface area contributed by atoms with Gasteiger partial charge in [0.05, 0.1) is 0 Å². The van der Waals surface area contributed by atoms with Crippen molar-refractivity contribution in [1.82, 2.24) is 10.3 Å². The van der Waals surface area contributed by atoms with Crippen LogP contribution in [0.15, 0.2) is 12.1 Å². The first-order valence-corrected chi connectivity index (χ1v) is 10.0. The second-order valence-electron chi connectivity index (χ2n) is 5.18. The Morgan fingerprint density at radius 1 is 1.48 bits per heavy atom. The number of thioether (sulfide) groups is 1. The number of nitrogens with zero attached hydrogens (tertiary/aromatic N) is 2. The van der Waals surface area contributed by atoms with Crippen molar-refractivity contribution in [2.45, 2.75) is 25.8 Å². The van der Waals surface area contributed by atoms with Crippen LogP contribution in [0.3, 0.4) is 0 Å². The molecule has 118 valence electrons. The molecule has 0 amide bonds. The lowest BCUT2D eigenvalue weighted by atomic mass is 10.2. The van der Waals surface area contributed by atoms with Gasteiger partial charge in [-0.3, -0.25) is 0 Å². The Bertz CT molecular complexity index is 590. The number of rotatable bonds is 5. The number of pyridine rings is 1. The molecule has 0 spiro atoms. The fourth-order valence-electron chi connectivity index (χ4n) is 2.51. The zero-order valence-corrected chi connectivity index (χ0v) is 14.4. The minimum absolute atomic E-state index is 0.171. The molecule has 7 heteroatoms. The van der Waals surface area contributed by atoms with Gasteiger partial charge in [-0.15, -0.1) is 0 Å². The van der Waals surface area contributed by atoms with Crippen LogP contribution in [0, 0.1) is 6.92 Å². The Morgan fingerprint density at radius 3 is 2.90 bits per heavy atom. The normalized spacial score (nSPS) is 19.8. The molecule has 1 fully saturated rings. The molecule has 0 aromatic carbocycles. The van der Waals surface area contributed by atoms with Crippen molar-refractivity contribution >= 4 is 27.4 Å². The predicted molar refractivity (Wildman–Crippen MR) is 89.7 cm³/mol. The summed E-state index contributed by atoms with van der Waals surface area (Å²) >= 11 is 1.70. The molecule has 0 saturated carbocycles. The van der Waals surface area contributed by atoms with Gasteiger partial charge in [0.1, 0.15) is 11.2 Å². The Balaban J connectivity index is 2.37. The highest BCUT2D eigenvalue weighted by molar-refractivity contribution is 8.01. The molecule has 1 aliphatic heterocycles. The van der Waals surface area contributed by atoms with Crippen LogP contribution in [-0.4, -0.2) is 49.6 Å². The average molecular weight is 329 g/mol. The molecular formula is C14H23N3O2S2. The van der Waals surface area contributed by atoms with Crippen molar-refractivity contribution in [2.75, 3.05) is 35.8 Å². The summed E-state index contributed by atoms with van der Waals surface area (Å²) in [5.74, 6) is 2.51. The number of aromatic nitrogens is 1. The van der Waals surface area contributed by atoms with Gasteiger partial charge in [0.15, 0.2) is 9.84 Å². The smallest absolute Gasteiger partial charge is 0.171 e. The maximum absolute atomic E-state index is 12.3. The van der Waals surface area contributed by atoms with Crippen LogP contribution in [0.2, 0.25) is 0 Å². The number of hydrogen-bond acceptors (Lipinski definition) is 6. The first-order valence-electron chi connectivity index (χ1n) is 7.16. The number of nitrogens with one attached hydrogen (secondary N) is 1. The number of hydrogen-bond donors (Lipinski definition) is 1. The lowest BCUT2D eigenvalue weighted by Gasteiger charge is -2.35. The first kappa shape index (κ1) is 16.6. The summed E-state index contributed by atoms with van der Waals surface area (Å²) in [5, 5.41) is 2.67. The van der Waals surface area contributed by atoms with Gasteiger partial charge >= 0.3 is 0 Å². The van der Waals surface area contributed by atoms with E-state index in [9.17, 15) is 8.42 Å². The SMILES string of the molecule is CCS(=O)(=O)C1CSCCN1c1cc(CNC)cc(C)n1. The third kappa shape index (κ3) is 3.90. The maximum atomic E-state index is 12.3. The molecule has 1 unspecified atom stereocenters. The molecule has 2 rings (SSSR count). The Labute approximate surface area is 131 Å². The molecule has 5 nitrogen and oxygen atoms in total. The molecule has 1 aromatic heterocycles. The third-order valence-corrected chi connectivity index (χ3v) is 6.86. The molecule has 2 heterocycles. The Kier molecular flexibility index (Phi) is 5.51. The van der Waals surface area contributed by atoms with Crippen LogP contribution in [0.25, 0.3) is 0 Å². The summed E-state index contributed by atoms with van der Waals surface area (Å²) < 4.78 is 24.7. The standard InChI is InChI=1S/C14H23N3O2S2/c1-4-21(18,19)14-10-20-6-5-17(14)13-8-12(9-15-3)7-11(2)16-13/h7-8,14-15H,4-6,9-10H2,1-3H3. The zero-order chi connectivity index (χ0) is 15.5. The molecule has 0 bridgehead atoms. The lowest BCUT2D eigenvalue weighted by Crippen LogP contribution is -2.48. The summed E-state index contributed by atoms with van der Waals surface area (Å²) in [7, 11) is -1.21. The first-order chi connectivity index (χ1) is 9.97. The van der Waals surface area contributed by atoms with Crippen molar-refractivity contribution in [3.63, 3.8) is 0 Å². The van der Waals surface area contributed by atoms with Crippen molar-refractivity contribution in [2.24, 2.45) is 0 Å². The van der Waals surface area contributed by atoms with Crippen LogP contribution < -0.4 is 10.2 Å². The van der Waals surface area contributed by atoms with E-state index in [4.69, 9.17) is 0 Å². The highest BCUT2D eigenvalue weighted by Crippen LogP contribution is 2.27. The number of aryl methyl sites for hydroxylation is 1. The third-order valence-electron chi connectivity index (χ3n) is 3.58. The minimum atomic E-state index is -3.11. The van der Waals surface area contributed by atoms with Crippen LogP contribution in [0.1, 0.15) is 18.2 Å². The van der Waals surface area contributed by atoms with Crippen LogP contribution in [0.5, 0.6) is 0 Å². The molecule has 1 saturated heterocycles. The van der Waals surface area contributed by atoms with Crippen molar-refractivity contribution in [1.29, 1.82) is 0 Å². The highest BCUT2D eigenvalue weighted by atomic mass is 32.2. The maximum Gasteiger partial charge on any atom is 0.171 e. The van der Waals surface area contributed by atoms with Gasteiger partial charge in [-0.1, -0.05) is 6.92 Å². The summed E-state index contributed by atoms with van der Waals surface area (Å²) in [6, 6.07) is 4.03. The van der Waals surface area contributed by atoms with Gasteiger partial charge < -0.3 is 10.2 Å². The van der Waals surface area contributed by atoms with Crippen LogP contribution in [-0.2, 0) is 16.4 Å². The molecule has 0 radical (unpaired) electrons. The minimum Gasteiger partial charge on any atom is -0.338 e.